The van der Waals surface area contributed by atoms with E-state index in [1.807, 2.05) is 6.07 Å². The first kappa shape index (κ1) is 28.3. The number of benzene rings is 3. The number of rotatable bonds is 10. The van der Waals surface area contributed by atoms with E-state index < -0.39 is 0 Å². The second kappa shape index (κ2) is 13.0. The SMILES string of the molecule is COC(=O)CCN1CC(c2ccc(C(c3cccc(OC)c3)N3C[C@@H](C)N(Cc4ccccc4)C[C@@H]3C)cc2)C1. The topological polar surface area (TPSA) is 45.2 Å². The number of likely N-dealkylation sites (tertiary alicyclic amines) is 1. The fourth-order valence-corrected chi connectivity index (χ4v) is 6.28. The zero-order valence-electron chi connectivity index (χ0n) is 24.3. The van der Waals surface area contributed by atoms with Crippen molar-refractivity contribution in [2.24, 2.45) is 0 Å². The Labute approximate surface area is 239 Å². The molecule has 3 aromatic carbocycles. The molecule has 6 heteroatoms. The highest BCUT2D eigenvalue weighted by atomic mass is 16.5. The Morgan fingerprint density at radius 3 is 2.30 bits per heavy atom. The molecule has 0 spiro atoms. The Bertz CT molecular complexity index is 1240. The zero-order valence-corrected chi connectivity index (χ0v) is 24.3. The van der Waals surface area contributed by atoms with Crippen molar-refractivity contribution in [3.8, 4) is 5.75 Å². The fourth-order valence-electron chi connectivity index (χ4n) is 6.28. The van der Waals surface area contributed by atoms with Crippen LogP contribution < -0.4 is 4.74 Å². The van der Waals surface area contributed by atoms with Crippen molar-refractivity contribution < 1.29 is 14.3 Å². The third-order valence-electron chi connectivity index (χ3n) is 8.67. The van der Waals surface area contributed by atoms with Gasteiger partial charge in [-0.15, -0.1) is 0 Å². The highest BCUT2D eigenvalue weighted by Crippen LogP contribution is 2.36. The van der Waals surface area contributed by atoms with Crippen LogP contribution in [-0.4, -0.2) is 79.7 Å². The van der Waals surface area contributed by atoms with Gasteiger partial charge in [0, 0.05) is 57.3 Å². The van der Waals surface area contributed by atoms with Crippen molar-refractivity contribution >= 4 is 5.97 Å². The molecule has 0 saturated carbocycles. The Kier molecular flexibility index (Phi) is 9.20. The van der Waals surface area contributed by atoms with E-state index in [2.05, 4.69) is 101 Å². The molecule has 0 amide bonds. The average Bonchev–Trinajstić information content (AvgIpc) is 2.96. The number of hydrogen-bond donors (Lipinski definition) is 0. The highest BCUT2D eigenvalue weighted by molar-refractivity contribution is 5.69. The van der Waals surface area contributed by atoms with Crippen molar-refractivity contribution in [1.29, 1.82) is 0 Å². The largest absolute Gasteiger partial charge is 0.497 e. The third kappa shape index (κ3) is 6.57. The minimum absolute atomic E-state index is 0.138. The van der Waals surface area contributed by atoms with Crippen LogP contribution in [0.2, 0.25) is 0 Å². The van der Waals surface area contributed by atoms with Gasteiger partial charge in [-0.3, -0.25) is 14.6 Å². The normalized spacial score (nSPS) is 21.5. The predicted molar refractivity (Wildman–Crippen MR) is 160 cm³/mol. The number of carbonyl (C=O) groups excluding carboxylic acids is 1. The summed E-state index contributed by atoms with van der Waals surface area (Å²) in [7, 11) is 3.19. The number of ether oxygens (including phenoxy) is 2. The molecule has 3 aromatic rings. The van der Waals surface area contributed by atoms with E-state index in [0.29, 0.717) is 24.4 Å². The summed E-state index contributed by atoms with van der Waals surface area (Å²) in [6.07, 6.45) is 0.458. The highest BCUT2D eigenvalue weighted by Gasteiger charge is 2.35. The zero-order chi connectivity index (χ0) is 28.1. The van der Waals surface area contributed by atoms with E-state index in [1.165, 1.54) is 29.4 Å². The lowest BCUT2D eigenvalue weighted by Gasteiger charge is -2.48. The molecule has 2 saturated heterocycles. The van der Waals surface area contributed by atoms with Gasteiger partial charge in [0.15, 0.2) is 0 Å². The summed E-state index contributed by atoms with van der Waals surface area (Å²) >= 11 is 0. The molecule has 3 atom stereocenters. The van der Waals surface area contributed by atoms with Gasteiger partial charge in [0.25, 0.3) is 0 Å². The fraction of sp³-hybridized carbons (Fsp3) is 0.441. The molecule has 0 bridgehead atoms. The molecule has 212 valence electrons. The molecule has 0 aliphatic carbocycles. The minimum atomic E-state index is -0.138. The first-order chi connectivity index (χ1) is 19.4. The monoisotopic (exact) mass is 541 g/mol. The van der Waals surface area contributed by atoms with Gasteiger partial charge in [0.2, 0.25) is 0 Å². The first-order valence-electron chi connectivity index (χ1n) is 14.5. The molecule has 2 heterocycles. The molecule has 2 aliphatic rings. The van der Waals surface area contributed by atoms with Crippen LogP contribution in [0.3, 0.4) is 0 Å². The number of piperazine rings is 1. The number of hydrogen-bond acceptors (Lipinski definition) is 6. The van der Waals surface area contributed by atoms with Gasteiger partial charge in [-0.2, -0.15) is 0 Å². The van der Waals surface area contributed by atoms with Gasteiger partial charge in [-0.25, -0.2) is 0 Å². The maximum Gasteiger partial charge on any atom is 0.306 e. The van der Waals surface area contributed by atoms with Crippen molar-refractivity contribution in [2.75, 3.05) is 46.9 Å². The molecule has 0 N–H and O–H groups in total. The quantitative estimate of drug-likeness (QED) is 0.323. The molecular formula is C34H43N3O3. The van der Waals surface area contributed by atoms with Gasteiger partial charge in [-0.1, -0.05) is 66.7 Å². The van der Waals surface area contributed by atoms with Gasteiger partial charge in [0.1, 0.15) is 5.75 Å². The number of methoxy groups -OCH3 is 2. The van der Waals surface area contributed by atoms with Crippen LogP contribution in [0.25, 0.3) is 0 Å². The minimum Gasteiger partial charge on any atom is -0.497 e. The summed E-state index contributed by atoms with van der Waals surface area (Å²) in [5.41, 5.74) is 5.32. The lowest BCUT2D eigenvalue weighted by molar-refractivity contribution is -0.141. The van der Waals surface area contributed by atoms with Gasteiger partial charge < -0.3 is 14.4 Å². The Morgan fingerprint density at radius 1 is 0.850 bits per heavy atom. The molecule has 0 radical (unpaired) electrons. The summed E-state index contributed by atoms with van der Waals surface area (Å²) in [6.45, 7) is 10.5. The molecule has 6 nitrogen and oxygen atoms in total. The number of carbonyl (C=O) groups is 1. The Morgan fingerprint density at radius 2 is 1.60 bits per heavy atom. The number of nitrogens with zero attached hydrogens (tertiary/aromatic N) is 3. The summed E-state index contributed by atoms with van der Waals surface area (Å²) in [5.74, 6) is 1.27. The van der Waals surface area contributed by atoms with Crippen LogP contribution in [0.1, 0.15) is 54.5 Å². The molecule has 2 aliphatic heterocycles. The smallest absolute Gasteiger partial charge is 0.306 e. The lowest BCUT2D eigenvalue weighted by Crippen LogP contribution is -2.56. The van der Waals surface area contributed by atoms with E-state index in [4.69, 9.17) is 9.47 Å². The number of esters is 1. The van der Waals surface area contributed by atoms with E-state index in [0.717, 1.165) is 45.0 Å². The van der Waals surface area contributed by atoms with Gasteiger partial charge in [0.05, 0.1) is 26.7 Å². The second-order valence-corrected chi connectivity index (χ2v) is 11.4. The van der Waals surface area contributed by atoms with Crippen molar-refractivity contribution in [2.45, 2.75) is 50.9 Å². The van der Waals surface area contributed by atoms with Gasteiger partial charge in [-0.05, 0) is 48.2 Å². The Hall–Kier alpha value is -3.19. The molecule has 5 rings (SSSR count). The van der Waals surface area contributed by atoms with Crippen molar-refractivity contribution in [3.63, 3.8) is 0 Å². The predicted octanol–water partition coefficient (Wildman–Crippen LogP) is 5.34. The van der Waals surface area contributed by atoms with Crippen LogP contribution in [0.5, 0.6) is 5.75 Å². The summed E-state index contributed by atoms with van der Waals surface area (Å²) in [5, 5.41) is 0. The van der Waals surface area contributed by atoms with Crippen LogP contribution in [0, 0.1) is 0 Å². The van der Waals surface area contributed by atoms with E-state index in [1.54, 1.807) is 7.11 Å². The average molecular weight is 542 g/mol. The van der Waals surface area contributed by atoms with E-state index in [-0.39, 0.29) is 12.0 Å². The van der Waals surface area contributed by atoms with Crippen molar-refractivity contribution in [3.05, 3.63) is 101 Å². The second-order valence-electron chi connectivity index (χ2n) is 11.4. The van der Waals surface area contributed by atoms with E-state index in [9.17, 15) is 4.79 Å². The molecule has 40 heavy (non-hydrogen) atoms. The standard InChI is InChI=1S/C34H43N3O3/c1-25-21-37(26(2)20-36(25)22-27-9-6-5-7-10-27)34(30-11-8-12-32(19-30)39-3)29-15-13-28(14-16-29)31-23-35(24-31)18-17-33(38)40-4/h5-16,19,25-26,31,34H,17-18,20-24H2,1-4H3/t25-,26+,34?/m1/s1. The first-order valence-corrected chi connectivity index (χ1v) is 14.5. The molecule has 2 fully saturated rings. The lowest BCUT2D eigenvalue weighted by atomic mass is 9.88. The summed E-state index contributed by atoms with van der Waals surface area (Å²) < 4.78 is 10.4. The molecule has 1 unspecified atom stereocenters. The van der Waals surface area contributed by atoms with Crippen LogP contribution in [0.15, 0.2) is 78.9 Å². The van der Waals surface area contributed by atoms with Crippen LogP contribution >= 0.6 is 0 Å². The van der Waals surface area contributed by atoms with Crippen LogP contribution in [0.4, 0.5) is 0 Å². The molecule has 0 aromatic heterocycles. The van der Waals surface area contributed by atoms with Gasteiger partial charge >= 0.3 is 5.97 Å². The maximum absolute atomic E-state index is 11.5. The Balaban J connectivity index is 1.33. The summed E-state index contributed by atoms with van der Waals surface area (Å²) in [4.78, 5) is 19.1. The molecular weight excluding hydrogens is 498 g/mol. The maximum atomic E-state index is 11.5. The van der Waals surface area contributed by atoms with E-state index >= 15 is 0 Å². The van der Waals surface area contributed by atoms with Crippen molar-refractivity contribution in [1.82, 2.24) is 14.7 Å². The van der Waals surface area contributed by atoms with Crippen LogP contribution in [-0.2, 0) is 16.1 Å². The third-order valence-corrected chi connectivity index (χ3v) is 8.67. The summed E-state index contributed by atoms with van der Waals surface area (Å²) in [6, 6.07) is 29.6.